The Morgan fingerprint density at radius 1 is 1.25 bits per heavy atom. The molecule has 1 aliphatic heterocycles. The van der Waals surface area contributed by atoms with Gasteiger partial charge in [0.1, 0.15) is 0 Å². The van der Waals surface area contributed by atoms with E-state index < -0.39 is 18.5 Å². The van der Waals surface area contributed by atoms with Gasteiger partial charge in [0.05, 0.1) is 10.6 Å². The van der Waals surface area contributed by atoms with E-state index in [1.54, 1.807) is 0 Å². The van der Waals surface area contributed by atoms with Gasteiger partial charge in [-0.1, -0.05) is 18.3 Å². The predicted molar refractivity (Wildman–Crippen MR) is 71.6 cm³/mol. The molecule has 1 aliphatic carbocycles. The molecule has 1 saturated heterocycles. The van der Waals surface area contributed by atoms with E-state index in [2.05, 4.69) is 4.98 Å². The Hall–Kier alpha value is -1.51. The van der Waals surface area contributed by atoms with E-state index in [9.17, 15) is 19.8 Å². The summed E-state index contributed by atoms with van der Waals surface area (Å²) in [6.07, 6.45) is -1.49. The summed E-state index contributed by atoms with van der Waals surface area (Å²) < 4.78 is 0. The van der Waals surface area contributed by atoms with E-state index in [0.29, 0.717) is 23.4 Å². The number of aliphatic hydroxyl groups is 2. The number of aliphatic hydroxyl groups excluding tert-OH is 2. The molecule has 0 aromatic carbocycles. The van der Waals surface area contributed by atoms with Gasteiger partial charge in [-0.3, -0.25) is 9.69 Å². The minimum absolute atomic E-state index is 0.0255. The maximum Gasteiger partial charge on any atom is 0.330 e. The van der Waals surface area contributed by atoms with Crippen molar-refractivity contribution in [3.8, 4) is 0 Å². The zero-order chi connectivity index (χ0) is 14.6. The Kier molecular flexibility index (Phi) is 3.03. The summed E-state index contributed by atoms with van der Waals surface area (Å²) in [6.45, 7) is 1.98. The van der Waals surface area contributed by atoms with Crippen LogP contribution in [0.1, 0.15) is 28.7 Å². The molecule has 3 rings (SSSR count). The van der Waals surface area contributed by atoms with Crippen LogP contribution >= 0.6 is 11.3 Å². The summed E-state index contributed by atoms with van der Waals surface area (Å²) in [6, 6.07) is -0.531. The number of hydrogen-bond acceptors (Lipinski definition) is 6. The standard InChI is InChI=1S/C12H15N3O4S/c1-5-3-6-8(7(16)4-5)20-11(13-6)15-10(18)9(17)14(2)12(15)19/h5,9-10,17-18H,3-4H2,1-2H3. The van der Waals surface area contributed by atoms with Crippen LogP contribution in [0, 0.1) is 5.92 Å². The van der Waals surface area contributed by atoms with Crippen molar-refractivity contribution in [3.05, 3.63) is 10.6 Å². The van der Waals surface area contributed by atoms with E-state index in [1.165, 1.54) is 7.05 Å². The Bertz CT molecular complexity index is 587. The Labute approximate surface area is 119 Å². The molecular weight excluding hydrogens is 282 g/mol. The fraction of sp³-hybridized carbons (Fsp3) is 0.583. The first-order valence-electron chi connectivity index (χ1n) is 6.35. The van der Waals surface area contributed by atoms with Crippen LogP contribution in [0.3, 0.4) is 0 Å². The zero-order valence-corrected chi connectivity index (χ0v) is 11.9. The van der Waals surface area contributed by atoms with Gasteiger partial charge in [-0.25, -0.2) is 14.7 Å². The van der Waals surface area contributed by atoms with Crippen molar-refractivity contribution in [2.75, 3.05) is 11.9 Å². The van der Waals surface area contributed by atoms with E-state index in [0.717, 1.165) is 21.1 Å². The molecular formula is C12H15N3O4S. The number of rotatable bonds is 1. The van der Waals surface area contributed by atoms with E-state index >= 15 is 0 Å². The lowest BCUT2D eigenvalue weighted by atomic mass is 9.92. The molecule has 108 valence electrons. The third-order valence-electron chi connectivity index (χ3n) is 3.66. The molecule has 1 aromatic heterocycles. The van der Waals surface area contributed by atoms with Crippen molar-refractivity contribution in [1.82, 2.24) is 9.88 Å². The van der Waals surface area contributed by atoms with Gasteiger partial charge in [0, 0.05) is 13.5 Å². The number of urea groups is 1. The highest BCUT2D eigenvalue weighted by atomic mass is 32.1. The molecule has 20 heavy (non-hydrogen) atoms. The molecule has 0 spiro atoms. The summed E-state index contributed by atoms with van der Waals surface area (Å²) in [5, 5.41) is 19.9. The lowest BCUT2D eigenvalue weighted by molar-refractivity contribution is -0.0182. The van der Waals surface area contributed by atoms with E-state index in [4.69, 9.17) is 0 Å². The molecule has 0 bridgehead atoms. The van der Waals surface area contributed by atoms with Crippen molar-refractivity contribution in [2.45, 2.75) is 32.2 Å². The molecule has 7 nitrogen and oxygen atoms in total. The number of thiazole rings is 1. The van der Waals surface area contributed by atoms with Gasteiger partial charge in [0.15, 0.2) is 23.4 Å². The van der Waals surface area contributed by atoms with Crippen LogP contribution in [-0.2, 0) is 6.42 Å². The number of aromatic nitrogens is 1. The van der Waals surface area contributed by atoms with Gasteiger partial charge in [0.2, 0.25) is 0 Å². The maximum atomic E-state index is 12.0. The second kappa shape index (κ2) is 4.51. The average Bonchev–Trinajstić information content (AvgIpc) is 2.87. The third-order valence-corrected chi connectivity index (χ3v) is 4.79. The largest absolute Gasteiger partial charge is 0.369 e. The second-order valence-electron chi connectivity index (χ2n) is 5.30. The Morgan fingerprint density at radius 2 is 1.95 bits per heavy atom. The number of ketones is 1. The van der Waals surface area contributed by atoms with Gasteiger partial charge < -0.3 is 10.2 Å². The highest BCUT2D eigenvalue weighted by Gasteiger charge is 2.45. The van der Waals surface area contributed by atoms with Crippen LogP contribution in [0.25, 0.3) is 0 Å². The first-order chi connectivity index (χ1) is 9.40. The number of fused-ring (bicyclic) bond motifs is 1. The number of carbonyl (C=O) groups excluding carboxylic acids is 2. The van der Waals surface area contributed by atoms with Crippen molar-refractivity contribution in [1.29, 1.82) is 0 Å². The van der Waals surface area contributed by atoms with Gasteiger partial charge in [-0.05, 0) is 12.3 Å². The number of likely N-dealkylation sites (N-methyl/N-ethyl adjacent to an activating group) is 1. The molecule has 1 aromatic rings. The van der Waals surface area contributed by atoms with Crippen LogP contribution in [0.4, 0.5) is 9.93 Å². The van der Waals surface area contributed by atoms with Crippen LogP contribution < -0.4 is 4.90 Å². The topological polar surface area (TPSA) is 94.0 Å². The minimum atomic E-state index is -1.37. The van der Waals surface area contributed by atoms with Crippen LogP contribution in [0.15, 0.2) is 0 Å². The summed E-state index contributed by atoms with van der Waals surface area (Å²) in [5.41, 5.74) is 0.679. The van der Waals surface area contributed by atoms with Crippen LogP contribution in [0.2, 0.25) is 0 Å². The Morgan fingerprint density at radius 3 is 2.55 bits per heavy atom. The fourth-order valence-corrected chi connectivity index (χ4v) is 3.60. The third kappa shape index (κ3) is 1.83. The van der Waals surface area contributed by atoms with Crippen molar-refractivity contribution >= 4 is 28.3 Å². The quantitative estimate of drug-likeness (QED) is 0.783. The normalized spacial score (nSPS) is 30.1. The number of nitrogens with zero attached hydrogens (tertiary/aromatic N) is 3. The van der Waals surface area contributed by atoms with Crippen molar-refractivity contribution in [2.24, 2.45) is 5.92 Å². The molecule has 0 radical (unpaired) electrons. The summed E-state index contributed by atoms with van der Waals surface area (Å²) in [5.74, 6) is 0.259. The molecule has 2 heterocycles. The van der Waals surface area contributed by atoms with Gasteiger partial charge in [-0.2, -0.15) is 0 Å². The first kappa shape index (κ1) is 13.5. The van der Waals surface area contributed by atoms with Crippen molar-refractivity contribution in [3.63, 3.8) is 0 Å². The summed E-state index contributed by atoms with van der Waals surface area (Å²) in [7, 11) is 1.40. The van der Waals surface area contributed by atoms with Gasteiger partial charge in [0.25, 0.3) is 0 Å². The van der Waals surface area contributed by atoms with Crippen LogP contribution in [0.5, 0.6) is 0 Å². The first-order valence-corrected chi connectivity index (χ1v) is 7.17. The Balaban J connectivity index is 1.99. The molecule has 3 atom stereocenters. The maximum absolute atomic E-state index is 12.0. The number of anilines is 1. The number of hydrogen-bond donors (Lipinski definition) is 2. The molecule has 1 fully saturated rings. The lowest BCUT2D eigenvalue weighted by Crippen LogP contribution is -2.36. The minimum Gasteiger partial charge on any atom is -0.369 e. The molecule has 2 N–H and O–H groups in total. The van der Waals surface area contributed by atoms with E-state index in [1.807, 2.05) is 6.92 Å². The lowest BCUT2D eigenvalue weighted by Gasteiger charge is -2.15. The van der Waals surface area contributed by atoms with Crippen molar-refractivity contribution < 1.29 is 19.8 Å². The molecule has 3 unspecified atom stereocenters. The number of amides is 2. The summed E-state index contributed by atoms with van der Waals surface area (Å²) >= 11 is 1.10. The van der Waals surface area contributed by atoms with Gasteiger partial charge in [-0.15, -0.1) is 0 Å². The number of carbonyl (C=O) groups is 2. The smallest absolute Gasteiger partial charge is 0.330 e. The zero-order valence-electron chi connectivity index (χ0n) is 11.1. The molecule has 2 amide bonds. The highest BCUT2D eigenvalue weighted by Crippen LogP contribution is 2.36. The molecule has 2 aliphatic rings. The van der Waals surface area contributed by atoms with E-state index in [-0.39, 0.29) is 16.8 Å². The fourth-order valence-electron chi connectivity index (χ4n) is 2.53. The SMILES string of the molecule is CC1CC(=O)c2sc(N3C(=O)N(C)C(O)C3O)nc2C1. The average molecular weight is 297 g/mol. The highest BCUT2D eigenvalue weighted by molar-refractivity contribution is 7.17. The second-order valence-corrected chi connectivity index (χ2v) is 6.28. The monoisotopic (exact) mass is 297 g/mol. The van der Waals surface area contributed by atoms with Gasteiger partial charge >= 0.3 is 6.03 Å². The number of Topliss-reactive ketones (excluding diaryl/α,β-unsaturated/α-hetero) is 1. The predicted octanol–water partition coefficient (Wildman–Crippen LogP) is 0.417. The summed E-state index contributed by atoms with van der Waals surface area (Å²) in [4.78, 5) is 30.9. The van der Waals surface area contributed by atoms with Crippen LogP contribution in [-0.4, -0.2) is 51.4 Å². The molecule has 8 heteroatoms. The molecule has 0 saturated carbocycles.